The van der Waals surface area contributed by atoms with Crippen molar-refractivity contribution in [2.45, 2.75) is 20.8 Å². The van der Waals surface area contributed by atoms with Crippen LogP contribution in [0.4, 0.5) is 0 Å². The van der Waals surface area contributed by atoms with E-state index in [1.165, 1.54) is 0 Å². The summed E-state index contributed by atoms with van der Waals surface area (Å²) < 4.78 is 2.20. The molecule has 0 bridgehead atoms. The Bertz CT molecular complexity index is 717. The van der Waals surface area contributed by atoms with E-state index in [9.17, 15) is 0 Å². The molecule has 0 aliphatic heterocycles. The van der Waals surface area contributed by atoms with Crippen LogP contribution in [0, 0.1) is 0 Å². The Balaban J connectivity index is 4.01. The van der Waals surface area contributed by atoms with Gasteiger partial charge >= 0.3 is 0 Å². The Morgan fingerprint density at radius 1 is 0.875 bits per heavy atom. The molecule has 0 radical (unpaired) electrons. The van der Waals surface area contributed by atoms with Crippen LogP contribution in [0.2, 0.25) is 0 Å². The third-order valence-corrected chi connectivity index (χ3v) is 3.63. The minimum Gasteiger partial charge on any atom is -0.309 e. The van der Waals surface area contributed by atoms with E-state index in [-0.39, 0.29) is 0 Å². The molecule has 0 amide bonds. The standard InChI is InChI=1S/C23H27N/c1-8-14-19(17-18(7)11-4)24-22(15-9-2)20(12-5)21(13-6)23(24)16-10-3/h8-17H,1,4-6H2,2-3,7H3/b15-9-,16-10-,18-17-,19-14+. The Morgan fingerprint density at radius 2 is 1.38 bits per heavy atom. The second-order valence-electron chi connectivity index (χ2n) is 5.26. The number of allylic oxidation sites excluding steroid dienone is 8. The Morgan fingerprint density at radius 3 is 1.71 bits per heavy atom. The Hall–Kier alpha value is -2.80. The molecule has 1 nitrogen and oxygen atoms in total. The molecule has 1 heteroatoms. The van der Waals surface area contributed by atoms with Crippen LogP contribution < -0.4 is 0 Å². The number of rotatable bonds is 8. The average molecular weight is 317 g/mol. The van der Waals surface area contributed by atoms with E-state index in [0.29, 0.717) is 0 Å². The van der Waals surface area contributed by atoms with Crippen molar-refractivity contribution in [3.05, 3.63) is 90.9 Å². The van der Waals surface area contributed by atoms with E-state index >= 15 is 0 Å². The van der Waals surface area contributed by atoms with E-state index in [1.54, 1.807) is 6.08 Å². The van der Waals surface area contributed by atoms with Gasteiger partial charge in [0.15, 0.2) is 0 Å². The van der Waals surface area contributed by atoms with Crippen LogP contribution in [0.3, 0.4) is 0 Å². The predicted octanol–water partition coefficient (Wildman–Crippen LogP) is 7.00. The summed E-state index contributed by atoms with van der Waals surface area (Å²) >= 11 is 0. The van der Waals surface area contributed by atoms with Crippen LogP contribution in [-0.2, 0) is 0 Å². The predicted molar refractivity (Wildman–Crippen MR) is 112 cm³/mol. The van der Waals surface area contributed by atoms with Crippen molar-refractivity contribution in [1.29, 1.82) is 0 Å². The largest absolute Gasteiger partial charge is 0.309 e. The van der Waals surface area contributed by atoms with Crippen LogP contribution in [0.5, 0.6) is 0 Å². The summed E-state index contributed by atoms with van der Waals surface area (Å²) in [6.45, 7) is 21.7. The lowest BCUT2D eigenvalue weighted by molar-refractivity contribution is 1.08. The normalized spacial score (nSPS) is 12.8. The molecule has 0 saturated carbocycles. The van der Waals surface area contributed by atoms with Gasteiger partial charge in [-0.2, -0.15) is 0 Å². The first-order chi connectivity index (χ1) is 11.6. The zero-order chi connectivity index (χ0) is 18.1. The van der Waals surface area contributed by atoms with E-state index in [4.69, 9.17) is 0 Å². The van der Waals surface area contributed by atoms with Crippen molar-refractivity contribution >= 4 is 30.0 Å². The smallest absolute Gasteiger partial charge is 0.0537 e. The summed E-state index contributed by atoms with van der Waals surface area (Å²) in [4.78, 5) is 0. The van der Waals surface area contributed by atoms with Crippen molar-refractivity contribution in [2.24, 2.45) is 0 Å². The molecule has 0 N–H and O–H groups in total. The topological polar surface area (TPSA) is 4.93 Å². The maximum atomic E-state index is 3.99. The SMILES string of the molecule is C=C/C=C(\C=C(\C)C=C)n1c(/C=C\C)c(C=C)c(C=C)c1/C=C\C. The van der Waals surface area contributed by atoms with Crippen molar-refractivity contribution in [3.8, 4) is 0 Å². The molecule has 24 heavy (non-hydrogen) atoms. The molecule has 0 aliphatic carbocycles. The van der Waals surface area contributed by atoms with Gasteiger partial charge in [0, 0.05) is 16.8 Å². The lowest BCUT2D eigenvalue weighted by atomic mass is 10.1. The van der Waals surface area contributed by atoms with Crippen LogP contribution in [0.1, 0.15) is 43.3 Å². The van der Waals surface area contributed by atoms with Crippen molar-refractivity contribution < 1.29 is 0 Å². The van der Waals surface area contributed by atoms with Gasteiger partial charge in [0.2, 0.25) is 0 Å². The highest BCUT2D eigenvalue weighted by Crippen LogP contribution is 2.32. The van der Waals surface area contributed by atoms with Crippen molar-refractivity contribution in [1.82, 2.24) is 4.57 Å². The minimum absolute atomic E-state index is 1.01. The zero-order valence-corrected chi connectivity index (χ0v) is 15.0. The number of hydrogen-bond acceptors (Lipinski definition) is 0. The summed E-state index contributed by atoms with van der Waals surface area (Å²) in [5, 5.41) is 0. The number of nitrogens with zero attached hydrogens (tertiary/aromatic N) is 1. The van der Waals surface area contributed by atoms with Crippen LogP contribution >= 0.6 is 0 Å². The van der Waals surface area contributed by atoms with Crippen LogP contribution in [0.15, 0.2) is 68.3 Å². The number of hydrogen-bond donors (Lipinski definition) is 0. The lowest BCUT2D eigenvalue weighted by Crippen LogP contribution is -2.01. The highest BCUT2D eigenvalue weighted by atomic mass is 15.0. The summed E-state index contributed by atoms with van der Waals surface area (Å²) in [6.07, 6.45) is 19.7. The fourth-order valence-corrected chi connectivity index (χ4v) is 2.60. The fourth-order valence-electron chi connectivity index (χ4n) is 2.60. The first-order valence-corrected chi connectivity index (χ1v) is 8.02. The van der Waals surface area contributed by atoms with Gasteiger partial charge in [0.1, 0.15) is 0 Å². The van der Waals surface area contributed by atoms with Gasteiger partial charge in [-0.1, -0.05) is 62.8 Å². The molecule has 0 aromatic carbocycles. The van der Waals surface area contributed by atoms with Gasteiger partial charge in [0.25, 0.3) is 0 Å². The highest BCUT2D eigenvalue weighted by Gasteiger charge is 2.17. The van der Waals surface area contributed by atoms with Crippen molar-refractivity contribution in [3.63, 3.8) is 0 Å². The summed E-state index contributed by atoms with van der Waals surface area (Å²) in [7, 11) is 0. The van der Waals surface area contributed by atoms with Crippen molar-refractivity contribution in [2.75, 3.05) is 0 Å². The van der Waals surface area contributed by atoms with Gasteiger partial charge in [-0.25, -0.2) is 0 Å². The highest BCUT2D eigenvalue weighted by molar-refractivity contribution is 5.83. The molecule has 0 fully saturated rings. The molecular formula is C23H27N. The van der Waals surface area contributed by atoms with E-state index in [1.807, 2.05) is 57.2 Å². The molecule has 1 aromatic heterocycles. The second-order valence-corrected chi connectivity index (χ2v) is 5.26. The quantitative estimate of drug-likeness (QED) is 0.455. The molecule has 124 valence electrons. The van der Waals surface area contributed by atoms with Gasteiger partial charge in [0.05, 0.1) is 11.4 Å². The molecule has 1 heterocycles. The molecule has 0 unspecified atom stereocenters. The monoisotopic (exact) mass is 317 g/mol. The van der Waals surface area contributed by atoms with Gasteiger partial charge < -0.3 is 4.57 Å². The Kier molecular flexibility index (Phi) is 7.51. The average Bonchev–Trinajstić information content (AvgIpc) is 2.87. The van der Waals surface area contributed by atoms with E-state index < -0.39 is 0 Å². The first-order valence-electron chi connectivity index (χ1n) is 8.02. The molecular weight excluding hydrogens is 290 g/mol. The zero-order valence-electron chi connectivity index (χ0n) is 15.0. The summed E-state index contributed by atoms with van der Waals surface area (Å²) in [5.41, 5.74) is 6.36. The summed E-state index contributed by atoms with van der Waals surface area (Å²) in [6, 6.07) is 0. The first kappa shape index (κ1) is 19.2. The Labute approximate surface area is 146 Å². The molecule has 0 saturated heterocycles. The maximum Gasteiger partial charge on any atom is 0.0537 e. The molecule has 1 rings (SSSR count). The molecule has 1 aromatic rings. The maximum absolute atomic E-state index is 3.99. The van der Waals surface area contributed by atoms with Gasteiger partial charge in [-0.15, -0.1) is 0 Å². The fraction of sp³-hybridized carbons (Fsp3) is 0.130. The summed E-state index contributed by atoms with van der Waals surface area (Å²) in [5.74, 6) is 0. The third kappa shape index (κ3) is 3.94. The third-order valence-electron chi connectivity index (χ3n) is 3.63. The lowest BCUT2D eigenvalue weighted by Gasteiger charge is -2.12. The second kappa shape index (κ2) is 9.36. The van der Waals surface area contributed by atoms with Gasteiger partial charge in [-0.05, 0) is 50.6 Å². The number of aromatic nitrogens is 1. The van der Waals surface area contributed by atoms with E-state index in [0.717, 1.165) is 33.8 Å². The van der Waals surface area contributed by atoms with Crippen LogP contribution in [-0.4, -0.2) is 4.57 Å². The minimum atomic E-state index is 1.01. The van der Waals surface area contributed by atoms with Crippen LogP contribution in [0.25, 0.3) is 30.0 Å². The molecule has 0 spiro atoms. The molecule has 0 aliphatic rings. The molecule has 0 atom stereocenters. The van der Waals surface area contributed by atoms with E-state index in [2.05, 4.69) is 49.1 Å². The van der Waals surface area contributed by atoms with Gasteiger partial charge in [-0.3, -0.25) is 0 Å².